The summed E-state index contributed by atoms with van der Waals surface area (Å²) in [5.74, 6) is 0.418. The first-order valence-corrected chi connectivity index (χ1v) is 7.07. The Morgan fingerprint density at radius 3 is 2.81 bits per heavy atom. The molecule has 0 unspecified atom stereocenters. The molecular weight excluding hydrogens is 334 g/mol. The van der Waals surface area contributed by atoms with Gasteiger partial charge in [0.2, 0.25) is 0 Å². The Kier molecular flexibility index (Phi) is 3.47. The summed E-state index contributed by atoms with van der Waals surface area (Å²) < 4.78 is 7.47. The maximum absolute atomic E-state index is 11.5. The third-order valence-corrected chi connectivity index (χ3v) is 3.94. The number of imidazole rings is 1. The SMILES string of the molecule is COC(=O)c1ccc(-c2nc3ncccc3n2C)c(Br)c1. The second kappa shape index (κ2) is 5.29. The van der Waals surface area contributed by atoms with E-state index in [9.17, 15) is 4.79 Å². The maximum atomic E-state index is 11.5. The number of pyridine rings is 1. The van der Waals surface area contributed by atoms with E-state index in [0.29, 0.717) is 11.2 Å². The summed E-state index contributed by atoms with van der Waals surface area (Å²) in [4.78, 5) is 20.3. The first-order chi connectivity index (χ1) is 10.1. The number of rotatable bonds is 2. The third kappa shape index (κ3) is 2.31. The normalized spacial score (nSPS) is 10.8. The van der Waals surface area contributed by atoms with Crippen molar-refractivity contribution in [3.63, 3.8) is 0 Å². The van der Waals surface area contributed by atoms with Gasteiger partial charge in [0.1, 0.15) is 5.82 Å². The van der Waals surface area contributed by atoms with Crippen LogP contribution in [0.3, 0.4) is 0 Å². The van der Waals surface area contributed by atoms with E-state index >= 15 is 0 Å². The first-order valence-electron chi connectivity index (χ1n) is 6.27. The molecule has 0 aliphatic rings. The fourth-order valence-corrected chi connectivity index (χ4v) is 2.76. The molecule has 0 aliphatic carbocycles. The van der Waals surface area contributed by atoms with Crippen molar-refractivity contribution >= 4 is 33.1 Å². The standard InChI is InChI=1S/C15H12BrN3O2/c1-19-12-4-3-7-17-13(12)18-14(19)10-6-5-9(8-11(10)16)15(20)21-2/h3-8H,1-2H3. The molecule has 6 heteroatoms. The zero-order chi connectivity index (χ0) is 15.0. The lowest BCUT2D eigenvalue weighted by Crippen LogP contribution is -2.01. The number of hydrogen-bond acceptors (Lipinski definition) is 4. The molecule has 5 nitrogen and oxygen atoms in total. The van der Waals surface area contributed by atoms with Crippen molar-refractivity contribution in [2.45, 2.75) is 0 Å². The van der Waals surface area contributed by atoms with Crippen LogP contribution in [0.1, 0.15) is 10.4 Å². The van der Waals surface area contributed by atoms with Gasteiger partial charge in [0.15, 0.2) is 5.65 Å². The highest BCUT2D eigenvalue weighted by molar-refractivity contribution is 9.10. The molecule has 0 saturated heterocycles. The molecule has 3 rings (SSSR count). The minimum absolute atomic E-state index is 0.367. The molecule has 0 atom stereocenters. The quantitative estimate of drug-likeness (QED) is 0.669. The summed E-state index contributed by atoms with van der Waals surface area (Å²) in [6.45, 7) is 0. The Balaban J connectivity index is 2.15. The van der Waals surface area contributed by atoms with E-state index in [2.05, 4.69) is 25.9 Å². The second-order valence-electron chi connectivity index (χ2n) is 4.53. The van der Waals surface area contributed by atoms with Gasteiger partial charge in [-0.05, 0) is 30.3 Å². The van der Waals surface area contributed by atoms with Gasteiger partial charge in [-0.15, -0.1) is 0 Å². The van der Waals surface area contributed by atoms with Crippen LogP contribution in [-0.4, -0.2) is 27.6 Å². The van der Waals surface area contributed by atoms with Crippen molar-refractivity contribution in [3.05, 3.63) is 46.6 Å². The van der Waals surface area contributed by atoms with Crippen LogP contribution in [-0.2, 0) is 11.8 Å². The Morgan fingerprint density at radius 2 is 2.14 bits per heavy atom. The number of aromatic nitrogens is 3. The van der Waals surface area contributed by atoms with E-state index in [1.165, 1.54) is 7.11 Å². The summed E-state index contributed by atoms with van der Waals surface area (Å²) in [6.07, 6.45) is 1.72. The van der Waals surface area contributed by atoms with Gasteiger partial charge in [-0.25, -0.2) is 14.8 Å². The van der Waals surface area contributed by atoms with Gasteiger partial charge < -0.3 is 9.30 Å². The van der Waals surface area contributed by atoms with Crippen molar-refractivity contribution in [2.75, 3.05) is 7.11 Å². The number of hydrogen-bond donors (Lipinski definition) is 0. The molecule has 106 valence electrons. The lowest BCUT2D eigenvalue weighted by atomic mass is 10.1. The molecule has 1 aromatic carbocycles. The molecule has 0 spiro atoms. The van der Waals surface area contributed by atoms with Crippen LogP contribution in [0.5, 0.6) is 0 Å². The second-order valence-corrected chi connectivity index (χ2v) is 5.38. The Bertz CT molecular complexity index is 842. The van der Waals surface area contributed by atoms with E-state index in [1.54, 1.807) is 18.3 Å². The fraction of sp³-hybridized carbons (Fsp3) is 0.133. The number of aryl methyl sites for hydroxylation is 1. The number of methoxy groups -OCH3 is 1. The summed E-state index contributed by atoms with van der Waals surface area (Å²) >= 11 is 3.49. The van der Waals surface area contributed by atoms with E-state index in [4.69, 9.17) is 4.74 Å². The zero-order valence-corrected chi connectivity index (χ0v) is 13.1. The highest BCUT2D eigenvalue weighted by atomic mass is 79.9. The molecule has 2 heterocycles. The number of halogens is 1. The van der Waals surface area contributed by atoms with Crippen molar-refractivity contribution in [1.29, 1.82) is 0 Å². The van der Waals surface area contributed by atoms with Crippen molar-refractivity contribution in [1.82, 2.24) is 14.5 Å². The van der Waals surface area contributed by atoms with E-state index in [0.717, 1.165) is 21.4 Å². The van der Waals surface area contributed by atoms with Gasteiger partial charge in [-0.3, -0.25) is 0 Å². The van der Waals surface area contributed by atoms with Crippen LogP contribution in [0.15, 0.2) is 41.0 Å². The van der Waals surface area contributed by atoms with E-state index in [-0.39, 0.29) is 5.97 Å². The summed E-state index contributed by atoms with van der Waals surface area (Å²) in [7, 11) is 3.30. The van der Waals surface area contributed by atoms with Gasteiger partial charge in [-0.2, -0.15) is 0 Å². The molecule has 21 heavy (non-hydrogen) atoms. The van der Waals surface area contributed by atoms with Crippen LogP contribution in [0, 0.1) is 0 Å². The number of ether oxygens (including phenoxy) is 1. The number of carbonyl (C=O) groups is 1. The molecule has 0 N–H and O–H groups in total. The van der Waals surface area contributed by atoms with Crippen LogP contribution in [0.2, 0.25) is 0 Å². The summed E-state index contributed by atoms with van der Waals surface area (Å²) in [5.41, 5.74) is 3.03. The molecule has 0 fully saturated rings. The predicted molar refractivity (Wildman–Crippen MR) is 83.0 cm³/mol. The van der Waals surface area contributed by atoms with Gasteiger partial charge >= 0.3 is 5.97 Å². The minimum Gasteiger partial charge on any atom is -0.465 e. The van der Waals surface area contributed by atoms with Crippen molar-refractivity contribution in [3.8, 4) is 11.4 Å². The molecule has 3 aromatic rings. The molecule has 0 aliphatic heterocycles. The number of carbonyl (C=O) groups excluding carboxylic acids is 1. The number of benzene rings is 1. The van der Waals surface area contributed by atoms with Crippen LogP contribution in [0.4, 0.5) is 0 Å². The molecule has 0 saturated carbocycles. The summed E-state index contributed by atoms with van der Waals surface area (Å²) in [5, 5.41) is 0. The van der Waals surface area contributed by atoms with Gasteiger partial charge in [-0.1, -0.05) is 15.9 Å². The monoisotopic (exact) mass is 345 g/mol. The Hall–Kier alpha value is -2.21. The lowest BCUT2D eigenvalue weighted by Gasteiger charge is -2.07. The average Bonchev–Trinajstić information content (AvgIpc) is 2.84. The summed E-state index contributed by atoms with van der Waals surface area (Å²) in [6, 6.07) is 9.14. The minimum atomic E-state index is -0.367. The van der Waals surface area contributed by atoms with Crippen LogP contribution >= 0.6 is 15.9 Å². The van der Waals surface area contributed by atoms with E-state index < -0.39 is 0 Å². The fourth-order valence-electron chi connectivity index (χ4n) is 2.21. The van der Waals surface area contributed by atoms with Gasteiger partial charge in [0.05, 0.1) is 18.2 Å². The zero-order valence-electron chi connectivity index (χ0n) is 11.5. The predicted octanol–water partition coefficient (Wildman–Crippen LogP) is 3.18. The Labute approximate surface area is 129 Å². The highest BCUT2D eigenvalue weighted by Gasteiger charge is 2.15. The van der Waals surface area contributed by atoms with Gasteiger partial charge in [0.25, 0.3) is 0 Å². The van der Waals surface area contributed by atoms with Crippen LogP contribution in [0.25, 0.3) is 22.6 Å². The van der Waals surface area contributed by atoms with E-state index in [1.807, 2.05) is 29.8 Å². The maximum Gasteiger partial charge on any atom is 0.337 e. The smallest absolute Gasteiger partial charge is 0.337 e. The Morgan fingerprint density at radius 1 is 1.33 bits per heavy atom. The topological polar surface area (TPSA) is 57.0 Å². The molecular formula is C15H12BrN3O2. The number of fused-ring (bicyclic) bond motifs is 1. The average molecular weight is 346 g/mol. The molecule has 0 radical (unpaired) electrons. The molecule has 2 aromatic heterocycles. The first kappa shape index (κ1) is 13.8. The lowest BCUT2D eigenvalue weighted by molar-refractivity contribution is 0.0600. The number of nitrogens with zero attached hydrogens (tertiary/aromatic N) is 3. The molecule has 0 amide bonds. The number of esters is 1. The van der Waals surface area contributed by atoms with Crippen molar-refractivity contribution in [2.24, 2.45) is 7.05 Å². The largest absolute Gasteiger partial charge is 0.465 e. The van der Waals surface area contributed by atoms with Gasteiger partial charge in [0, 0.05) is 23.3 Å². The van der Waals surface area contributed by atoms with Crippen molar-refractivity contribution < 1.29 is 9.53 Å². The van der Waals surface area contributed by atoms with Crippen LogP contribution < -0.4 is 0 Å². The molecule has 0 bridgehead atoms. The third-order valence-electron chi connectivity index (χ3n) is 3.29. The highest BCUT2D eigenvalue weighted by Crippen LogP contribution is 2.30.